The number of anilines is 1. The van der Waals surface area contributed by atoms with Crippen LogP contribution in [-0.2, 0) is 4.74 Å². The zero-order valence-electron chi connectivity index (χ0n) is 19.1. The molecule has 2 aliphatic heterocycles. The van der Waals surface area contributed by atoms with E-state index >= 15 is 0 Å². The first-order chi connectivity index (χ1) is 15.9. The third-order valence-electron chi connectivity index (χ3n) is 6.37. The van der Waals surface area contributed by atoms with Crippen LogP contribution in [0.2, 0.25) is 0 Å². The van der Waals surface area contributed by atoms with Gasteiger partial charge in [0.25, 0.3) is 0 Å². The van der Waals surface area contributed by atoms with Crippen molar-refractivity contribution >= 4 is 5.69 Å². The highest BCUT2D eigenvalue weighted by molar-refractivity contribution is 5.51. The second-order valence-corrected chi connectivity index (χ2v) is 9.15. The quantitative estimate of drug-likeness (QED) is 0.657. The van der Waals surface area contributed by atoms with Gasteiger partial charge >= 0.3 is 0 Å². The first kappa shape index (κ1) is 23.8. The molecule has 0 saturated carbocycles. The predicted octanol–water partition coefficient (Wildman–Crippen LogP) is 2.31. The van der Waals surface area contributed by atoms with Gasteiger partial charge in [-0.3, -0.25) is 4.90 Å². The Morgan fingerprint density at radius 1 is 1.00 bits per heavy atom. The molecule has 1 unspecified atom stereocenters. The van der Waals surface area contributed by atoms with Crippen LogP contribution in [0.5, 0.6) is 11.5 Å². The van der Waals surface area contributed by atoms with Gasteiger partial charge in [-0.05, 0) is 37.1 Å². The van der Waals surface area contributed by atoms with E-state index in [1.54, 1.807) is 19.2 Å². The highest BCUT2D eigenvalue weighted by Gasteiger charge is 2.39. The molecule has 4 rings (SSSR count). The Bertz CT molecular complexity index is 921. The van der Waals surface area contributed by atoms with Gasteiger partial charge in [-0.2, -0.15) is 0 Å². The number of aliphatic hydroxyl groups is 2. The number of piperidine rings is 1. The van der Waals surface area contributed by atoms with Crippen LogP contribution >= 0.6 is 0 Å². The van der Waals surface area contributed by atoms with Crippen LogP contribution in [0, 0.1) is 5.82 Å². The van der Waals surface area contributed by atoms with Crippen molar-refractivity contribution in [2.75, 3.05) is 64.6 Å². The van der Waals surface area contributed by atoms with E-state index in [1.165, 1.54) is 12.1 Å². The maximum absolute atomic E-state index is 13.4. The van der Waals surface area contributed by atoms with E-state index < -0.39 is 11.2 Å². The lowest BCUT2D eigenvalue weighted by atomic mass is 9.90. The average Bonchev–Trinajstić information content (AvgIpc) is 2.99. The van der Waals surface area contributed by atoms with Crippen LogP contribution in [0.25, 0.3) is 0 Å². The zero-order valence-corrected chi connectivity index (χ0v) is 19.1. The molecule has 0 spiro atoms. The Morgan fingerprint density at radius 3 is 2.52 bits per heavy atom. The molecule has 2 aliphatic rings. The summed E-state index contributed by atoms with van der Waals surface area (Å²) < 4.78 is 30.0. The number of hydrogen-bond donors (Lipinski definition) is 2. The number of methoxy groups -OCH3 is 1. The van der Waals surface area contributed by atoms with Crippen molar-refractivity contribution in [1.29, 1.82) is 0 Å². The van der Waals surface area contributed by atoms with Crippen LogP contribution in [0.4, 0.5) is 10.1 Å². The van der Waals surface area contributed by atoms with Crippen LogP contribution in [0.1, 0.15) is 12.8 Å². The van der Waals surface area contributed by atoms with Crippen molar-refractivity contribution in [3.63, 3.8) is 0 Å². The second-order valence-electron chi connectivity index (χ2n) is 9.15. The molecule has 2 aromatic carbocycles. The van der Waals surface area contributed by atoms with Gasteiger partial charge in [-0.25, -0.2) is 4.39 Å². The van der Waals surface area contributed by atoms with Gasteiger partial charge in [0.2, 0.25) is 0 Å². The number of hydrogen-bond acceptors (Lipinski definition) is 7. The fraction of sp³-hybridized carbons (Fsp3) is 0.520. The van der Waals surface area contributed by atoms with Crippen LogP contribution in [0.3, 0.4) is 0 Å². The molecule has 0 aliphatic carbocycles. The SMILES string of the molecule is COc1cccc(N2CCC(O)(CN3CCOCC(O)(COc4cccc(F)c4)C3)CC2)c1. The molecule has 0 bridgehead atoms. The Balaban J connectivity index is 1.33. The lowest BCUT2D eigenvalue weighted by Crippen LogP contribution is -2.55. The molecule has 0 radical (unpaired) electrons. The van der Waals surface area contributed by atoms with Crippen molar-refractivity contribution in [3.8, 4) is 11.5 Å². The molecule has 2 heterocycles. The lowest BCUT2D eigenvalue weighted by Gasteiger charge is -2.42. The standard InChI is InChI=1S/C25H33FN2O5/c1-31-22-6-3-5-21(15-22)28-10-8-24(29,9-11-28)16-27-12-13-32-18-25(30,17-27)19-33-23-7-2-4-20(26)14-23/h2-7,14-15,29-30H,8-13,16-19H2,1H3. The fourth-order valence-corrected chi connectivity index (χ4v) is 4.56. The molecular weight excluding hydrogens is 427 g/mol. The molecule has 2 N–H and O–H groups in total. The molecule has 8 heteroatoms. The van der Waals surface area contributed by atoms with E-state index in [0.717, 1.165) is 24.5 Å². The van der Waals surface area contributed by atoms with E-state index in [1.807, 2.05) is 23.1 Å². The summed E-state index contributed by atoms with van der Waals surface area (Å²) in [6.45, 7) is 3.42. The van der Waals surface area contributed by atoms with Gasteiger partial charge in [0.15, 0.2) is 0 Å². The van der Waals surface area contributed by atoms with Crippen molar-refractivity contribution < 1.29 is 28.8 Å². The summed E-state index contributed by atoms with van der Waals surface area (Å²) in [7, 11) is 1.66. The van der Waals surface area contributed by atoms with Gasteiger partial charge in [0.1, 0.15) is 29.5 Å². The molecule has 0 aromatic heterocycles. The van der Waals surface area contributed by atoms with Gasteiger partial charge in [-0.1, -0.05) is 12.1 Å². The van der Waals surface area contributed by atoms with E-state index in [2.05, 4.69) is 11.0 Å². The number of ether oxygens (including phenoxy) is 3. The first-order valence-corrected chi connectivity index (χ1v) is 11.4. The van der Waals surface area contributed by atoms with Crippen molar-refractivity contribution in [2.45, 2.75) is 24.0 Å². The predicted molar refractivity (Wildman–Crippen MR) is 123 cm³/mol. The Kier molecular flexibility index (Phi) is 7.38. The Labute approximate surface area is 194 Å². The monoisotopic (exact) mass is 460 g/mol. The molecular formula is C25H33FN2O5. The van der Waals surface area contributed by atoms with Gasteiger partial charge < -0.3 is 29.3 Å². The molecule has 33 heavy (non-hydrogen) atoms. The summed E-state index contributed by atoms with van der Waals surface area (Å²) in [6.07, 6.45) is 1.25. The summed E-state index contributed by atoms with van der Waals surface area (Å²) in [4.78, 5) is 4.30. The minimum Gasteiger partial charge on any atom is -0.497 e. The van der Waals surface area contributed by atoms with Gasteiger partial charge in [0, 0.05) is 50.5 Å². The molecule has 0 amide bonds. The van der Waals surface area contributed by atoms with Gasteiger partial charge in [-0.15, -0.1) is 0 Å². The summed E-state index contributed by atoms with van der Waals surface area (Å²) >= 11 is 0. The van der Waals surface area contributed by atoms with Crippen LogP contribution in [-0.4, -0.2) is 86.0 Å². The van der Waals surface area contributed by atoms with E-state index in [0.29, 0.717) is 44.8 Å². The third kappa shape index (κ3) is 6.35. The first-order valence-electron chi connectivity index (χ1n) is 11.4. The smallest absolute Gasteiger partial charge is 0.134 e. The molecule has 2 fully saturated rings. The van der Waals surface area contributed by atoms with Crippen molar-refractivity contribution in [1.82, 2.24) is 4.90 Å². The highest BCUT2D eigenvalue weighted by atomic mass is 19.1. The number of halogens is 1. The second kappa shape index (κ2) is 10.3. The molecule has 7 nitrogen and oxygen atoms in total. The largest absolute Gasteiger partial charge is 0.497 e. The van der Waals surface area contributed by atoms with Crippen LogP contribution < -0.4 is 14.4 Å². The molecule has 180 valence electrons. The minimum absolute atomic E-state index is 0.0188. The maximum Gasteiger partial charge on any atom is 0.134 e. The minimum atomic E-state index is -1.25. The molecule has 2 saturated heterocycles. The van der Waals surface area contributed by atoms with E-state index in [4.69, 9.17) is 14.2 Å². The van der Waals surface area contributed by atoms with Crippen LogP contribution in [0.15, 0.2) is 48.5 Å². The Morgan fingerprint density at radius 2 is 1.76 bits per heavy atom. The van der Waals surface area contributed by atoms with E-state index in [9.17, 15) is 14.6 Å². The lowest BCUT2D eigenvalue weighted by molar-refractivity contribution is -0.0742. The number of rotatable bonds is 7. The van der Waals surface area contributed by atoms with E-state index in [-0.39, 0.29) is 19.0 Å². The number of nitrogens with zero attached hydrogens (tertiary/aromatic N) is 2. The fourth-order valence-electron chi connectivity index (χ4n) is 4.56. The molecule has 1 atom stereocenters. The molecule has 2 aromatic rings. The normalized spacial score (nSPS) is 23.7. The van der Waals surface area contributed by atoms with Crippen molar-refractivity contribution in [3.05, 3.63) is 54.3 Å². The maximum atomic E-state index is 13.4. The Hall–Kier alpha value is -2.39. The van der Waals surface area contributed by atoms with Crippen molar-refractivity contribution in [2.24, 2.45) is 0 Å². The third-order valence-corrected chi connectivity index (χ3v) is 6.37. The summed E-state index contributed by atoms with van der Waals surface area (Å²) in [5.41, 5.74) is -1.01. The topological polar surface area (TPSA) is 74.6 Å². The summed E-state index contributed by atoms with van der Waals surface area (Å²) in [5, 5.41) is 22.4. The number of β-amino-alcohol motifs (C(OH)–C–C–N with tert-alkyl or cyclic N) is 2. The average molecular weight is 461 g/mol. The number of benzene rings is 2. The zero-order chi connectivity index (χ0) is 23.3. The highest BCUT2D eigenvalue weighted by Crippen LogP contribution is 2.30. The van der Waals surface area contributed by atoms with Gasteiger partial charge in [0.05, 0.1) is 25.9 Å². The summed E-state index contributed by atoms with van der Waals surface area (Å²) in [5.74, 6) is 0.793. The summed E-state index contributed by atoms with van der Waals surface area (Å²) in [6, 6.07) is 13.8.